The lowest BCUT2D eigenvalue weighted by molar-refractivity contribution is -0.123. The summed E-state index contributed by atoms with van der Waals surface area (Å²) in [5.74, 6) is -0.168. The summed E-state index contributed by atoms with van der Waals surface area (Å²) in [5, 5.41) is 3.77. The monoisotopic (exact) mass is 482 g/mol. The summed E-state index contributed by atoms with van der Waals surface area (Å²) in [6, 6.07) is 17.5. The number of anilines is 2. The van der Waals surface area contributed by atoms with Gasteiger partial charge >= 0.3 is 0 Å². The maximum absolute atomic E-state index is 13.3. The third kappa shape index (κ3) is 4.44. The van der Waals surface area contributed by atoms with Crippen LogP contribution in [-0.4, -0.2) is 59.4 Å². The third-order valence-electron chi connectivity index (χ3n) is 6.88. The highest BCUT2D eigenvalue weighted by atomic mass is 35.5. The molecule has 2 aromatic carbocycles. The van der Waals surface area contributed by atoms with E-state index in [1.807, 2.05) is 41.3 Å². The molecule has 6 nitrogen and oxygen atoms in total. The molecular formula is C25H27ClN4O2S. The maximum Gasteiger partial charge on any atom is 0.254 e. The molecule has 2 saturated heterocycles. The fourth-order valence-corrected chi connectivity index (χ4v) is 5.74. The molecule has 1 aliphatic carbocycles. The standard InChI is InChI=1S/C25H27ClN4O2S/c26-18-9-10-21-22(16-18)27-25(33)30(24(21)32)20-8-4-5-17(15-20)23(31)29-13-11-28(12-14-29)19-6-2-1-3-7-19/h1-8,15,18,21-22H,9-14,16H2,(H,27,33). The van der Waals surface area contributed by atoms with Gasteiger partial charge in [0, 0.05) is 48.8 Å². The van der Waals surface area contributed by atoms with Crippen LogP contribution < -0.4 is 15.1 Å². The minimum absolute atomic E-state index is 0.00612. The van der Waals surface area contributed by atoms with E-state index in [4.69, 9.17) is 23.8 Å². The van der Waals surface area contributed by atoms with Crippen molar-refractivity contribution in [3.63, 3.8) is 0 Å². The Hall–Kier alpha value is -2.64. The molecular weight excluding hydrogens is 456 g/mol. The van der Waals surface area contributed by atoms with Gasteiger partial charge in [-0.3, -0.25) is 14.5 Å². The summed E-state index contributed by atoms with van der Waals surface area (Å²) in [6.45, 7) is 2.89. The molecule has 33 heavy (non-hydrogen) atoms. The van der Waals surface area contributed by atoms with Crippen molar-refractivity contribution in [2.24, 2.45) is 5.92 Å². The molecule has 3 unspecified atom stereocenters. The van der Waals surface area contributed by atoms with Crippen molar-refractivity contribution in [1.29, 1.82) is 0 Å². The fourth-order valence-electron chi connectivity index (χ4n) is 5.08. The molecule has 2 amide bonds. The van der Waals surface area contributed by atoms with Crippen LogP contribution in [0.5, 0.6) is 0 Å². The summed E-state index contributed by atoms with van der Waals surface area (Å²) in [5.41, 5.74) is 2.39. The number of piperazine rings is 1. The molecule has 0 radical (unpaired) electrons. The molecule has 0 bridgehead atoms. The third-order valence-corrected chi connectivity index (χ3v) is 7.57. The van der Waals surface area contributed by atoms with Crippen molar-refractivity contribution in [3.05, 3.63) is 60.2 Å². The van der Waals surface area contributed by atoms with Crippen LogP contribution in [0, 0.1) is 5.92 Å². The van der Waals surface area contributed by atoms with Crippen LogP contribution in [-0.2, 0) is 4.79 Å². The molecule has 0 spiro atoms. The van der Waals surface area contributed by atoms with Gasteiger partial charge in [-0.2, -0.15) is 0 Å². The molecule has 3 aliphatic rings. The van der Waals surface area contributed by atoms with Gasteiger partial charge in [-0.25, -0.2) is 0 Å². The number of nitrogens with one attached hydrogen (secondary N) is 1. The average molecular weight is 483 g/mol. The van der Waals surface area contributed by atoms with Crippen molar-refractivity contribution in [3.8, 4) is 0 Å². The van der Waals surface area contributed by atoms with Crippen molar-refractivity contribution < 1.29 is 9.59 Å². The van der Waals surface area contributed by atoms with Gasteiger partial charge in [-0.05, 0) is 61.8 Å². The number of carbonyl (C=O) groups excluding carboxylic acids is 2. The summed E-state index contributed by atoms with van der Waals surface area (Å²) in [7, 11) is 0. The van der Waals surface area contributed by atoms with Crippen LogP contribution in [0.25, 0.3) is 0 Å². The molecule has 3 fully saturated rings. The van der Waals surface area contributed by atoms with E-state index in [0.717, 1.165) is 32.4 Å². The lowest BCUT2D eigenvalue weighted by Crippen LogP contribution is -2.61. The molecule has 0 aromatic heterocycles. The predicted molar refractivity (Wildman–Crippen MR) is 135 cm³/mol. The largest absolute Gasteiger partial charge is 0.368 e. The number of rotatable bonds is 3. The van der Waals surface area contributed by atoms with Crippen LogP contribution in [0.2, 0.25) is 0 Å². The van der Waals surface area contributed by atoms with Gasteiger partial charge in [0.25, 0.3) is 5.91 Å². The van der Waals surface area contributed by atoms with E-state index in [9.17, 15) is 9.59 Å². The molecule has 3 atom stereocenters. The first-order chi connectivity index (χ1) is 16.0. The number of halogens is 1. The van der Waals surface area contributed by atoms with Crippen LogP contribution >= 0.6 is 23.8 Å². The zero-order chi connectivity index (χ0) is 22.9. The summed E-state index contributed by atoms with van der Waals surface area (Å²) < 4.78 is 0. The normalized spacial score (nSPS) is 25.5. The highest BCUT2D eigenvalue weighted by molar-refractivity contribution is 7.80. The van der Waals surface area contributed by atoms with E-state index < -0.39 is 0 Å². The second-order valence-electron chi connectivity index (χ2n) is 8.91. The van der Waals surface area contributed by atoms with Crippen LogP contribution in [0.4, 0.5) is 11.4 Å². The van der Waals surface area contributed by atoms with Gasteiger partial charge in [0.2, 0.25) is 5.91 Å². The molecule has 5 rings (SSSR count). The predicted octanol–water partition coefficient (Wildman–Crippen LogP) is 3.65. The Balaban J connectivity index is 1.29. The van der Waals surface area contributed by atoms with Crippen LogP contribution in [0.1, 0.15) is 29.6 Å². The maximum atomic E-state index is 13.3. The Morgan fingerprint density at radius 3 is 2.45 bits per heavy atom. The number of alkyl halides is 1. The zero-order valence-corrected chi connectivity index (χ0v) is 19.9. The van der Waals surface area contributed by atoms with E-state index in [2.05, 4.69) is 22.3 Å². The Labute approximate surface area is 204 Å². The molecule has 2 aliphatic heterocycles. The summed E-state index contributed by atoms with van der Waals surface area (Å²) >= 11 is 11.8. The minimum Gasteiger partial charge on any atom is -0.368 e. The molecule has 8 heteroatoms. The molecule has 1 saturated carbocycles. The lowest BCUT2D eigenvalue weighted by Gasteiger charge is -2.42. The number of fused-ring (bicyclic) bond motifs is 1. The molecule has 1 N–H and O–H groups in total. The Bertz CT molecular complexity index is 1060. The smallest absolute Gasteiger partial charge is 0.254 e. The SMILES string of the molecule is O=C(c1cccc(N2C(=O)C3CCC(Cl)CC3NC2=S)c1)N1CCN(c2ccccc2)CC1. The fraction of sp³-hybridized carbons (Fsp3) is 0.400. The number of hydrogen-bond acceptors (Lipinski definition) is 4. The average Bonchev–Trinajstić information content (AvgIpc) is 2.84. The van der Waals surface area contributed by atoms with Crippen molar-refractivity contribution in [2.45, 2.75) is 30.7 Å². The number of amides is 2. The van der Waals surface area contributed by atoms with E-state index in [1.54, 1.807) is 11.0 Å². The number of hydrogen-bond donors (Lipinski definition) is 1. The topological polar surface area (TPSA) is 55.9 Å². The van der Waals surface area contributed by atoms with Crippen molar-refractivity contribution in [2.75, 3.05) is 36.0 Å². The quantitative estimate of drug-likeness (QED) is 0.534. The van der Waals surface area contributed by atoms with Gasteiger partial charge in [0.15, 0.2) is 5.11 Å². The second-order valence-corrected chi connectivity index (χ2v) is 9.92. The van der Waals surface area contributed by atoms with Crippen molar-refractivity contribution in [1.82, 2.24) is 10.2 Å². The van der Waals surface area contributed by atoms with Gasteiger partial charge in [-0.1, -0.05) is 24.3 Å². The van der Waals surface area contributed by atoms with E-state index in [-0.39, 0.29) is 29.2 Å². The molecule has 2 heterocycles. The van der Waals surface area contributed by atoms with Gasteiger partial charge in [0.1, 0.15) is 0 Å². The van der Waals surface area contributed by atoms with E-state index in [0.29, 0.717) is 29.5 Å². The first-order valence-electron chi connectivity index (χ1n) is 11.5. The molecule has 2 aromatic rings. The van der Waals surface area contributed by atoms with E-state index in [1.165, 1.54) is 5.69 Å². The molecule has 172 valence electrons. The first kappa shape index (κ1) is 22.2. The number of benzene rings is 2. The number of nitrogens with zero attached hydrogens (tertiary/aromatic N) is 3. The van der Waals surface area contributed by atoms with Crippen LogP contribution in [0.15, 0.2) is 54.6 Å². The Morgan fingerprint density at radius 1 is 0.970 bits per heavy atom. The summed E-state index contributed by atoms with van der Waals surface area (Å²) in [6.07, 6.45) is 2.30. The van der Waals surface area contributed by atoms with E-state index >= 15 is 0 Å². The Kier molecular flexibility index (Phi) is 6.25. The van der Waals surface area contributed by atoms with Gasteiger partial charge in [-0.15, -0.1) is 11.6 Å². The number of thiocarbonyl (C=S) groups is 1. The Morgan fingerprint density at radius 2 is 1.70 bits per heavy atom. The second kappa shape index (κ2) is 9.31. The highest BCUT2D eigenvalue weighted by Crippen LogP contribution is 2.34. The van der Waals surface area contributed by atoms with Gasteiger partial charge in [0.05, 0.1) is 11.6 Å². The minimum atomic E-state index is -0.142. The number of carbonyl (C=O) groups is 2. The lowest BCUT2D eigenvalue weighted by atomic mass is 9.82. The van der Waals surface area contributed by atoms with Crippen molar-refractivity contribution >= 4 is 52.1 Å². The highest BCUT2D eigenvalue weighted by Gasteiger charge is 2.43. The van der Waals surface area contributed by atoms with Gasteiger partial charge < -0.3 is 15.1 Å². The number of para-hydroxylation sites is 1. The zero-order valence-electron chi connectivity index (χ0n) is 18.3. The van der Waals surface area contributed by atoms with Crippen LogP contribution in [0.3, 0.4) is 0 Å². The summed E-state index contributed by atoms with van der Waals surface area (Å²) in [4.78, 5) is 32.3. The first-order valence-corrected chi connectivity index (χ1v) is 12.3.